The average Bonchev–Trinajstić information content (AvgIpc) is 3.01. The minimum Gasteiger partial charge on any atom is -0.375 e. The SMILES string of the molecule is C1CCC2(C1)C[C@@H](Nc1nc(C3CC3)ns1)CCO2. The van der Waals surface area contributed by atoms with Crippen molar-refractivity contribution >= 4 is 16.7 Å². The highest BCUT2D eigenvalue weighted by Gasteiger charge is 2.40. The van der Waals surface area contributed by atoms with Crippen LogP contribution >= 0.6 is 11.5 Å². The zero-order valence-corrected chi connectivity index (χ0v) is 12.0. The molecule has 3 fully saturated rings. The Balaban J connectivity index is 1.40. The van der Waals surface area contributed by atoms with Crippen LogP contribution in [0.3, 0.4) is 0 Å². The van der Waals surface area contributed by atoms with Gasteiger partial charge in [-0.3, -0.25) is 0 Å². The number of nitrogens with zero attached hydrogens (tertiary/aromatic N) is 2. The van der Waals surface area contributed by atoms with Gasteiger partial charge in [0, 0.05) is 30.1 Å². The second-order valence-electron chi connectivity index (χ2n) is 6.30. The lowest BCUT2D eigenvalue weighted by atomic mass is 9.89. The van der Waals surface area contributed by atoms with Gasteiger partial charge in [0.2, 0.25) is 5.13 Å². The lowest BCUT2D eigenvalue weighted by molar-refractivity contribution is -0.0767. The van der Waals surface area contributed by atoms with Gasteiger partial charge >= 0.3 is 0 Å². The van der Waals surface area contributed by atoms with Gasteiger partial charge < -0.3 is 10.1 Å². The van der Waals surface area contributed by atoms with E-state index in [-0.39, 0.29) is 5.60 Å². The first kappa shape index (κ1) is 12.1. The van der Waals surface area contributed by atoms with Gasteiger partial charge in [0.15, 0.2) is 0 Å². The zero-order chi connectivity index (χ0) is 12.7. The summed E-state index contributed by atoms with van der Waals surface area (Å²) in [5.74, 6) is 1.72. The molecule has 4 nitrogen and oxygen atoms in total. The van der Waals surface area contributed by atoms with Gasteiger partial charge in [0.1, 0.15) is 5.82 Å². The Morgan fingerprint density at radius 3 is 2.84 bits per heavy atom. The minimum atomic E-state index is 0.180. The molecule has 1 aromatic heterocycles. The summed E-state index contributed by atoms with van der Waals surface area (Å²) < 4.78 is 10.5. The highest BCUT2D eigenvalue weighted by molar-refractivity contribution is 7.09. The molecule has 0 radical (unpaired) electrons. The lowest BCUT2D eigenvalue weighted by Crippen LogP contribution is -2.42. The van der Waals surface area contributed by atoms with Gasteiger partial charge in [0.05, 0.1) is 5.60 Å². The quantitative estimate of drug-likeness (QED) is 0.922. The molecule has 1 saturated heterocycles. The maximum Gasteiger partial charge on any atom is 0.202 e. The number of rotatable bonds is 3. The molecular formula is C14H21N3OS. The van der Waals surface area contributed by atoms with Crippen LogP contribution in [0.1, 0.15) is 63.1 Å². The van der Waals surface area contributed by atoms with Crippen molar-refractivity contribution in [1.29, 1.82) is 0 Å². The summed E-state index contributed by atoms with van der Waals surface area (Å²) in [5, 5.41) is 4.62. The molecule has 1 N–H and O–H groups in total. The Morgan fingerprint density at radius 2 is 2.05 bits per heavy atom. The molecule has 0 amide bonds. The Hall–Kier alpha value is -0.680. The number of ether oxygens (including phenoxy) is 1. The fourth-order valence-corrected chi connectivity index (χ4v) is 4.22. The predicted molar refractivity (Wildman–Crippen MR) is 75.7 cm³/mol. The molecule has 1 spiro atoms. The zero-order valence-electron chi connectivity index (χ0n) is 11.2. The number of hydrogen-bond acceptors (Lipinski definition) is 5. The van der Waals surface area contributed by atoms with E-state index in [2.05, 4.69) is 14.7 Å². The summed E-state index contributed by atoms with van der Waals surface area (Å²) in [5.41, 5.74) is 0.180. The van der Waals surface area contributed by atoms with Crippen LogP contribution < -0.4 is 5.32 Å². The van der Waals surface area contributed by atoms with E-state index in [9.17, 15) is 0 Å². The molecule has 2 saturated carbocycles. The van der Waals surface area contributed by atoms with Crippen LogP contribution in [-0.4, -0.2) is 27.6 Å². The molecule has 2 heterocycles. The largest absolute Gasteiger partial charge is 0.375 e. The topological polar surface area (TPSA) is 47.0 Å². The van der Waals surface area contributed by atoms with Crippen molar-refractivity contribution in [2.24, 2.45) is 0 Å². The predicted octanol–water partition coefficient (Wildman–Crippen LogP) is 3.32. The van der Waals surface area contributed by atoms with E-state index in [1.165, 1.54) is 50.1 Å². The summed E-state index contributed by atoms with van der Waals surface area (Å²) in [7, 11) is 0. The first-order chi connectivity index (χ1) is 9.33. The molecule has 19 heavy (non-hydrogen) atoms. The fourth-order valence-electron chi connectivity index (χ4n) is 3.49. The van der Waals surface area contributed by atoms with E-state index >= 15 is 0 Å². The smallest absolute Gasteiger partial charge is 0.202 e. The molecule has 104 valence electrons. The molecular weight excluding hydrogens is 258 g/mol. The van der Waals surface area contributed by atoms with Crippen molar-refractivity contribution in [3.8, 4) is 0 Å². The first-order valence-corrected chi connectivity index (χ1v) is 8.34. The third kappa shape index (κ3) is 2.50. The van der Waals surface area contributed by atoms with Crippen molar-refractivity contribution in [3.63, 3.8) is 0 Å². The maximum absolute atomic E-state index is 6.08. The van der Waals surface area contributed by atoms with E-state index in [0.717, 1.165) is 30.4 Å². The molecule has 2 aliphatic carbocycles. The Bertz CT molecular complexity index is 451. The monoisotopic (exact) mass is 279 g/mol. The molecule has 4 rings (SSSR count). The van der Waals surface area contributed by atoms with Crippen LogP contribution in [0.15, 0.2) is 0 Å². The minimum absolute atomic E-state index is 0.180. The van der Waals surface area contributed by atoms with E-state index in [0.29, 0.717) is 12.0 Å². The van der Waals surface area contributed by atoms with Crippen molar-refractivity contribution < 1.29 is 4.74 Å². The normalized spacial score (nSPS) is 29.8. The highest BCUT2D eigenvalue weighted by atomic mass is 32.1. The Morgan fingerprint density at radius 1 is 1.21 bits per heavy atom. The van der Waals surface area contributed by atoms with Crippen LogP contribution in [0, 0.1) is 0 Å². The van der Waals surface area contributed by atoms with Gasteiger partial charge in [0.25, 0.3) is 0 Å². The van der Waals surface area contributed by atoms with Crippen LogP contribution in [0.4, 0.5) is 5.13 Å². The van der Waals surface area contributed by atoms with Crippen molar-refractivity contribution in [2.45, 2.75) is 68.9 Å². The molecule has 0 aromatic carbocycles. The Labute approximate surface area is 118 Å². The summed E-state index contributed by atoms with van der Waals surface area (Å²) in [4.78, 5) is 4.64. The van der Waals surface area contributed by atoms with Gasteiger partial charge in [-0.25, -0.2) is 4.98 Å². The molecule has 3 aliphatic rings. The number of aromatic nitrogens is 2. The summed E-state index contributed by atoms with van der Waals surface area (Å²) in [6.45, 7) is 0.895. The molecule has 5 heteroatoms. The van der Waals surface area contributed by atoms with Crippen LogP contribution in [0.5, 0.6) is 0 Å². The lowest BCUT2D eigenvalue weighted by Gasteiger charge is -2.38. The van der Waals surface area contributed by atoms with Gasteiger partial charge in [-0.2, -0.15) is 4.37 Å². The van der Waals surface area contributed by atoms with Crippen LogP contribution in [-0.2, 0) is 4.74 Å². The average molecular weight is 279 g/mol. The molecule has 1 atom stereocenters. The third-order valence-corrected chi connectivity index (χ3v) is 5.38. The second-order valence-corrected chi connectivity index (χ2v) is 7.06. The summed E-state index contributed by atoms with van der Waals surface area (Å²) in [6, 6.07) is 0.520. The van der Waals surface area contributed by atoms with E-state index in [1.807, 2.05) is 0 Å². The standard InChI is InChI=1S/C14H21N3OS/c1-2-7-14(6-1)9-11(5-8-18-14)15-13-16-12(17-19-13)10-3-4-10/h10-11H,1-9H2,(H,15,16,17)/t11-/m0/s1. The number of hydrogen-bond donors (Lipinski definition) is 1. The van der Waals surface area contributed by atoms with E-state index in [4.69, 9.17) is 4.74 Å². The van der Waals surface area contributed by atoms with Crippen LogP contribution in [0.25, 0.3) is 0 Å². The van der Waals surface area contributed by atoms with Gasteiger partial charge in [-0.15, -0.1) is 0 Å². The molecule has 1 aliphatic heterocycles. The number of anilines is 1. The molecule has 0 unspecified atom stereocenters. The van der Waals surface area contributed by atoms with Crippen molar-refractivity contribution in [3.05, 3.63) is 5.82 Å². The summed E-state index contributed by atoms with van der Waals surface area (Å²) in [6.07, 6.45) is 9.94. The molecule has 1 aromatic rings. The molecule has 0 bridgehead atoms. The van der Waals surface area contributed by atoms with E-state index < -0.39 is 0 Å². The van der Waals surface area contributed by atoms with Gasteiger partial charge in [-0.05, 0) is 38.5 Å². The van der Waals surface area contributed by atoms with Crippen molar-refractivity contribution in [2.75, 3.05) is 11.9 Å². The highest BCUT2D eigenvalue weighted by Crippen LogP contribution is 2.42. The van der Waals surface area contributed by atoms with Gasteiger partial charge in [-0.1, -0.05) is 12.8 Å². The second kappa shape index (κ2) is 4.70. The maximum atomic E-state index is 6.08. The van der Waals surface area contributed by atoms with Crippen molar-refractivity contribution in [1.82, 2.24) is 9.36 Å². The fraction of sp³-hybridized carbons (Fsp3) is 0.857. The third-order valence-electron chi connectivity index (χ3n) is 4.72. The van der Waals surface area contributed by atoms with Crippen LogP contribution in [0.2, 0.25) is 0 Å². The Kier molecular flexibility index (Phi) is 2.99. The first-order valence-electron chi connectivity index (χ1n) is 7.57. The van der Waals surface area contributed by atoms with E-state index in [1.54, 1.807) is 0 Å². The number of nitrogens with one attached hydrogen (secondary N) is 1. The summed E-state index contributed by atoms with van der Waals surface area (Å²) >= 11 is 1.53.